The molecule has 2 aromatic rings. The molecule has 3 heterocycles. The summed E-state index contributed by atoms with van der Waals surface area (Å²) in [5.74, 6) is 0.795. The fourth-order valence-electron chi connectivity index (χ4n) is 2.37. The molecule has 0 aliphatic carbocycles. The molecule has 0 saturated carbocycles. The van der Waals surface area contributed by atoms with E-state index in [9.17, 15) is 0 Å². The van der Waals surface area contributed by atoms with E-state index in [-0.39, 0.29) is 6.04 Å². The van der Waals surface area contributed by atoms with Crippen molar-refractivity contribution >= 4 is 5.95 Å². The van der Waals surface area contributed by atoms with Gasteiger partial charge in [-0.3, -0.25) is 9.97 Å². The Hall–Kier alpha value is -2.04. The van der Waals surface area contributed by atoms with Crippen LogP contribution >= 0.6 is 0 Å². The van der Waals surface area contributed by atoms with Crippen molar-refractivity contribution < 1.29 is 0 Å². The Morgan fingerprint density at radius 2 is 2.17 bits per heavy atom. The maximum atomic E-state index is 4.50. The van der Waals surface area contributed by atoms with E-state index in [0.717, 1.165) is 36.7 Å². The van der Waals surface area contributed by atoms with Crippen LogP contribution in [0.2, 0.25) is 0 Å². The highest BCUT2D eigenvalue weighted by Gasteiger charge is 2.29. The number of hydrogen-bond donors (Lipinski definition) is 0. The van der Waals surface area contributed by atoms with E-state index >= 15 is 0 Å². The number of hydrogen-bond acceptors (Lipinski definition) is 5. The zero-order chi connectivity index (χ0) is 12.4. The van der Waals surface area contributed by atoms with E-state index in [4.69, 9.17) is 0 Å². The lowest BCUT2D eigenvalue weighted by molar-refractivity contribution is 0.674. The van der Waals surface area contributed by atoms with Gasteiger partial charge in [-0.05, 0) is 25.8 Å². The molecule has 5 heteroatoms. The molecule has 1 unspecified atom stereocenters. The molecule has 0 N–H and O–H groups in total. The Morgan fingerprint density at radius 3 is 2.94 bits per heavy atom. The zero-order valence-electron chi connectivity index (χ0n) is 10.3. The number of aromatic nitrogens is 4. The summed E-state index contributed by atoms with van der Waals surface area (Å²) in [4.78, 5) is 19.6. The maximum Gasteiger partial charge on any atom is 0.226 e. The number of aryl methyl sites for hydroxylation is 1. The van der Waals surface area contributed by atoms with Crippen molar-refractivity contribution in [2.75, 3.05) is 11.4 Å². The second-order valence-electron chi connectivity index (χ2n) is 4.48. The molecule has 1 aliphatic heterocycles. The highest BCUT2D eigenvalue weighted by Crippen LogP contribution is 2.32. The summed E-state index contributed by atoms with van der Waals surface area (Å²) in [5.41, 5.74) is 1.99. The van der Waals surface area contributed by atoms with Crippen LogP contribution in [-0.2, 0) is 0 Å². The minimum Gasteiger partial charge on any atom is -0.332 e. The van der Waals surface area contributed by atoms with Crippen LogP contribution in [0.3, 0.4) is 0 Å². The lowest BCUT2D eigenvalue weighted by Gasteiger charge is -2.23. The van der Waals surface area contributed by atoms with Gasteiger partial charge in [0.05, 0.1) is 17.9 Å². The fraction of sp³-hybridized carbons (Fsp3) is 0.385. The first-order valence-electron chi connectivity index (χ1n) is 6.17. The van der Waals surface area contributed by atoms with Crippen molar-refractivity contribution in [3.05, 3.63) is 42.2 Å². The Labute approximate surface area is 106 Å². The van der Waals surface area contributed by atoms with E-state index in [2.05, 4.69) is 24.8 Å². The molecule has 0 aromatic carbocycles. The Balaban J connectivity index is 1.92. The molecule has 3 rings (SSSR count). The molecule has 1 saturated heterocycles. The van der Waals surface area contributed by atoms with E-state index in [1.807, 2.05) is 25.4 Å². The van der Waals surface area contributed by atoms with Gasteiger partial charge in [0.2, 0.25) is 5.95 Å². The second-order valence-corrected chi connectivity index (χ2v) is 4.48. The smallest absolute Gasteiger partial charge is 0.226 e. The molecule has 2 aromatic heterocycles. The summed E-state index contributed by atoms with van der Waals surface area (Å²) in [6.45, 7) is 2.96. The molecule has 1 fully saturated rings. The summed E-state index contributed by atoms with van der Waals surface area (Å²) in [7, 11) is 0. The third-order valence-electron chi connectivity index (χ3n) is 3.22. The molecule has 1 aliphatic rings. The lowest BCUT2D eigenvalue weighted by atomic mass is 10.1. The van der Waals surface area contributed by atoms with Crippen molar-refractivity contribution in [3.8, 4) is 0 Å². The Bertz CT molecular complexity index is 528. The average molecular weight is 241 g/mol. The highest BCUT2D eigenvalue weighted by molar-refractivity contribution is 5.36. The SMILES string of the molecule is Cc1ccnc(N2CCCC2c2cnccn2)n1. The van der Waals surface area contributed by atoms with Crippen molar-refractivity contribution in [3.63, 3.8) is 0 Å². The molecular weight excluding hydrogens is 226 g/mol. The van der Waals surface area contributed by atoms with Gasteiger partial charge in [-0.2, -0.15) is 0 Å². The van der Waals surface area contributed by atoms with Crippen molar-refractivity contribution in [1.82, 2.24) is 19.9 Å². The van der Waals surface area contributed by atoms with Gasteiger partial charge in [0.15, 0.2) is 0 Å². The summed E-state index contributed by atoms with van der Waals surface area (Å²) in [6.07, 6.45) is 9.30. The minimum atomic E-state index is 0.250. The molecule has 0 amide bonds. The molecule has 92 valence electrons. The third-order valence-corrected chi connectivity index (χ3v) is 3.22. The van der Waals surface area contributed by atoms with Crippen molar-refractivity contribution in [2.24, 2.45) is 0 Å². The molecule has 1 atom stereocenters. The molecule has 0 spiro atoms. The second kappa shape index (κ2) is 4.68. The van der Waals surface area contributed by atoms with Crippen molar-refractivity contribution in [2.45, 2.75) is 25.8 Å². The van der Waals surface area contributed by atoms with Gasteiger partial charge in [-0.15, -0.1) is 0 Å². The first kappa shape index (κ1) is 11.1. The first-order valence-corrected chi connectivity index (χ1v) is 6.17. The van der Waals surface area contributed by atoms with E-state index < -0.39 is 0 Å². The molecule has 0 radical (unpaired) electrons. The van der Waals surface area contributed by atoms with E-state index in [1.54, 1.807) is 12.4 Å². The van der Waals surface area contributed by atoms with Crippen LogP contribution in [0.25, 0.3) is 0 Å². The van der Waals surface area contributed by atoms with Crippen LogP contribution in [0.15, 0.2) is 30.9 Å². The van der Waals surface area contributed by atoms with E-state index in [0.29, 0.717) is 0 Å². The Kier molecular flexibility index (Phi) is 2.88. The predicted molar refractivity (Wildman–Crippen MR) is 68.1 cm³/mol. The molecule has 5 nitrogen and oxygen atoms in total. The lowest BCUT2D eigenvalue weighted by Crippen LogP contribution is -2.25. The van der Waals surface area contributed by atoms with Gasteiger partial charge >= 0.3 is 0 Å². The summed E-state index contributed by atoms with van der Waals surface area (Å²) in [5, 5.41) is 0. The summed E-state index contributed by atoms with van der Waals surface area (Å²) in [6, 6.07) is 2.16. The quantitative estimate of drug-likeness (QED) is 0.804. The van der Waals surface area contributed by atoms with Gasteiger partial charge in [0.25, 0.3) is 0 Å². The van der Waals surface area contributed by atoms with Crippen LogP contribution < -0.4 is 4.90 Å². The van der Waals surface area contributed by atoms with Gasteiger partial charge < -0.3 is 4.90 Å². The zero-order valence-corrected chi connectivity index (χ0v) is 10.3. The molecule has 18 heavy (non-hydrogen) atoms. The third kappa shape index (κ3) is 2.03. The van der Waals surface area contributed by atoms with Crippen molar-refractivity contribution in [1.29, 1.82) is 0 Å². The molecular formula is C13H15N5. The normalized spacial score (nSPS) is 19.2. The van der Waals surface area contributed by atoms with Gasteiger partial charge in [-0.1, -0.05) is 0 Å². The van der Waals surface area contributed by atoms with Crippen LogP contribution in [0, 0.1) is 6.92 Å². The largest absolute Gasteiger partial charge is 0.332 e. The summed E-state index contributed by atoms with van der Waals surface area (Å²) < 4.78 is 0. The molecule has 0 bridgehead atoms. The predicted octanol–water partition coefficient (Wildman–Crippen LogP) is 1.92. The number of nitrogens with zero attached hydrogens (tertiary/aromatic N) is 5. The van der Waals surface area contributed by atoms with E-state index in [1.165, 1.54) is 0 Å². The van der Waals surface area contributed by atoms with Gasteiger partial charge in [0.1, 0.15) is 0 Å². The monoisotopic (exact) mass is 241 g/mol. The first-order chi connectivity index (χ1) is 8.84. The van der Waals surface area contributed by atoms with Crippen LogP contribution in [0.1, 0.15) is 30.3 Å². The van der Waals surface area contributed by atoms with Gasteiger partial charge in [0, 0.05) is 30.8 Å². The maximum absolute atomic E-state index is 4.50. The van der Waals surface area contributed by atoms with Crippen LogP contribution in [0.5, 0.6) is 0 Å². The topological polar surface area (TPSA) is 54.8 Å². The standard InChI is InChI=1S/C13H15N5/c1-10-4-5-16-13(17-10)18-8-2-3-12(18)11-9-14-6-7-15-11/h4-7,9,12H,2-3,8H2,1H3. The number of anilines is 1. The highest BCUT2D eigenvalue weighted by atomic mass is 15.3. The Morgan fingerprint density at radius 1 is 1.22 bits per heavy atom. The van der Waals surface area contributed by atoms with Gasteiger partial charge in [-0.25, -0.2) is 9.97 Å². The number of rotatable bonds is 2. The van der Waals surface area contributed by atoms with Crippen LogP contribution in [0.4, 0.5) is 5.95 Å². The fourth-order valence-corrected chi connectivity index (χ4v) is 2.37. The average Bonchev–Trinajstić information content (AvgIpc) is 2.89. The summed E-state index contributed by atoms with van der Waals surface area (Å²) >= 11 is 0. The van der Waals surface area contributed by atoms with Crippen LogP contribution in [-0.4, -0.2) is 26.5 Å². The minimum absolute atomic E-state index is 0.250.